The summed E-state index contributed by atoms with van der Waals surface area (Å²) in [6.45, 7) is 4.60. The third kappa shape index (κ3) is 6.05. The van der Waals surface area contributed by atoms with Crippen LogP contribution in [-0.4, -0.2) is 30.2 Å². The number of aromatic nitrogens is 2. The number of aryl methyl sites for hydroxylation is 1. The van der Waals surface area contributed by atoms with Crippen molar-refractivity contribution in [2.75, 3.05) is 6.54 Å². The molecule has 2 N–H and O–H groups in total. The Hall–Kier alpha value is -1.57. The number of nitrogens with one attached hydrogen (secondary N) is 2. The average molecular weight is 330 g/mol. The monoisotopic (exact) mass is 330 g/mol. The first kappa shape index (κ1) is 18.5. The third-order valence-electron chi connectivity index (χ3n) is 3.24. The average Bonchev–Trinajstić information content (AvgIpc) is 2.93. The molecule has 22 heavy (non-hydrogen) atoms. The Morgan fingerprint density at radius 3 is 2.55 bits per heavy atom. The summed E-state index contributed by atoms with van der Waals surface area (Å²) >= 11 is 0. The predicted octanol–water partition coefficient (Wildman–Crippen LogP) is 2.20. The lowest BCUT2D eigenvalue weighted by Crippen LogP contribution is -2.43. The van der Waals surface area contributed by atoms with Crippen molar-refractivity contribution in [2.24, 2.45) is 0 Å². The Bertz CT molecular complexity index is 554. The first-order valence-corrected chi connectivity index (χ1v) is 9.29. The van der Waals surface area contributed by atoms with Crippen LogP contribution in [0.2, 0.25) is 0 Å². The van der Waals surface area contributed by atoms with Crippen LogP contribution in [-0.2, 0) is 16.6 Å². The number of unbranched alkanes of at least 4 members (excludes halogenated alkanes) is 4. The minimum absolute atomic E-state index is 0.456. The molecule has 0 aromatic carbocycles. The molecule has 1 heterocycles. The molecule has 0 aliphatic heterocycles. The van der Waals surface area contributed by atoms with Crippen molar-refractivity contribution >= 4 is 16.2 Å². The largest absolute Gasteiger partial charge is 0.346 e. The summed E-state index contributed by atoms with van der Waals surface area (Å²) < 4.78 is 27.2. The number of amides is 2. The standard InChI is InChI=1S/C14H26N4O3S/c1-3-5-7-9-13-10-12-16-18(13)22(20,21)17-14(19)15-11-8-6-4-2/h10,12H,3-9,11H2,1-2H3,(H2,15,17,19). The van der Waals surface area contributed by atoms with E-state index in [1.807, 2.05) is 4.72 Å². The Morgan fingerprint density at radius 2 is 1.86 bits per heavy atom. The second-order valence-electron chi connectivity index (χ2n) is 5.19. The summed E-state index contributed by atoms with van der Waals surface area (Å²) in [5.74, 6) is 0. The second kappa shape index (κ2) is 9.45. The summed E-state index contributed by atoms with van der Waals surface area (Å²) in [5, 5.41) is 6.35. The summed E-state index contributed by atoms with van der Waals surface area (Å²) in [7, 11) is -3.98. The second-order valence-corrected chi connectivity index (χ2v) is 6.69. The van der Waals surface area contributed by atoms with Crippen molar-refractivity contribution in [1.82, 2.24) is 19.2 Å². The number of hydrogen-bond donors (Lipinski definition) is 2. The van der Waals surface area contributed by atoms with Gasteiger partial charge in [0.2, 0.25) is 0 Å². The Labute approximate surface area is 132 Å². The Balaban J connectivity index is 2.58. The fourth-order valence-corrected chi connectivity index (χ4v) is 3.08. The molecule has 1 aromatic rings. The van der Waals surface area contributed by atoms with Crippen LogP contribution in [0.4, 0.5) is 4.79 Å². The summed E-state index contributed by atoms with van der Waals surface area (Å²) in [6.07, 6.45) is 7.88. The molecular formula is C14H26N4O3S. The molecule has 7 nitrogen and oxygen atoms in total. The third-order valence-corrected chi connectivity index (χ3v) is 4.46. The number of hydrogen-bond acceptors (Lipinski definition) is 4. The van der Waals surface area contributed by atoms with Gasteiger partial charge in [-0.25, -0.2) is 9.52 Å². The van der Waals surface area contributed by atoms with Crippen LogP contribution in [0.3, 0.4) is 0 Å². The Kier molecular flexibility index (Phi) is 7.94. The van der Waals surface area contributed by atoms with E-state index < -0.39 is 16.2 Å². The van der Waals surface area contributed by atoms with Gasteiger partial charge < -0.3 is 5.32 Å². The summed E-state index contributed by atoms with van der Waals surface area (Å²) in [5.41, 5.74) is 0.583. The van der Waals surface area contributed by atoms with Crippen LogP contribution in [0, 0.1) is 0 Å². The van der Waals surface area contributed by atoms with Crippen LogP contribution in [0.5, 0.6) is 0 Å². The molecule has 0 atom stereocenters. The van der Waals surface area contributed by atoms with Gasteiger partial charge in [0.25, 0.3) is 0 Å². The minimum Gasteiger partial charge on any atom is -0.337 e. The van der Waals surface area contributed by atoms with Gasteiger partial charge in [0.15, 0.2) is 0 Å². The molecule has 0 bridgehead atoms. The van der Waals surface area contributed by atoms with E-state index in [-0.39, 0.29) is 0 Å². The topological polar surface area (TPSA) is 93.1 Å². The minimum atomic E-state index is -3.98. The number of urea groups is 1. The van der Waals surface area contributed by atoms with Crippen molar-refractivity contribution < 1.29 is 13.2 Å². The fourth-order valence-electron chi connectivity index (χ4n) is 2.04. The molecule has 0 unspecified atom stereocenters. The van der Waals surface area contributed by atoms with Gasteiger partial charge in [-0.15, -0.1) is 4.09 Å². The molecule has 0 aliphatic carbocycles. The first-order valence-electron chi connectivity index (χ1n) is 7.85. The number of rotatable bonds is 10. The van der Waals surface area contributed by atoms with Crippen LogP contribution < -0.4 is 10.0 Å². The number of nitrogens with zero attached hydrogens (tertiary/aromatic N) is 2. The van der Waals surface area contributed by atoms with E-state index in [1.165, 1.54) is 6.20 Å². The number of carbonyl (C=O) groups excluding carboxylic acids is 1. The van der Waals surface area contributed by atoms with Gasteiger partial charge in [0.1, 0.15) is 0 Å². The Morgan fingerprint density at radius 1 is 1.18 bits per heavy atom. The van der Waals surface area contributed by atoms with Gasteiger partial charge in [-0.3, -0.25) is 0 Å². The van der Waals surface area contributed by atoms with Gasteiger partial charge >= 0.3 is 16.2 Å². The zero-order valence-electron chi connectivity index (χ0n) is 13.3. The zero-order chi connectivity index (χ0) is 16.4. The van der Waals surface area contributed by atoms with Crippen LogP contribution in [0.1, 0.15) is 58.1 Å². The fraction of sp³-hybridized carbons (Fsp3) is 0.714. The molecule has 1 rings (SSSR count). The van der Waals surface area contributed by atoms with Gasteiger partial charge in [0.05, 0.1) is 11.9 Å². The van der Waals surface area contributed by atoms with Gasteiger partial charge in [-0.05, 0) is 25.3 Å². The van der Waals surface area contributed by atoms with Crippen molar-refractivity contribution in [1.29, 1.82) is 0 Å². The molecule has 8 heteroatoms. The van der Waals surface area contributed by atoms with E-state index in [1.54, 1.807) is 6.07 Å². The lowest BCUT2D eigenvalue weighted by molar-refractivity contribution is 0.245. The highest BCUT2D eigenvalue weighted by atomic mass is 32.2. The van der Waals surface area contributed by atoms with Crippen molar-refractivity contribution in [3.8, 4) is 0 Å². The van der Waals surface area contributed by atoms with E-state index >= 15 is 0 Å². The van der Waals surface area contributed by atoms with Crippen LogP contribution in [0.15, 0.2) is 12.3 Å². The summed E-state index contributed by atoms with van der Waals surface area (Å²) in [6, 6.07) is 0.944. The quantitative estimate of drug-likeness (QED) is 0.643. The lowest BCUT2D eigenvalue weighted by atomic mass is 10.2. The first-order chi connectivity index (χ1) is 10.5. The highest BCUT2D eigenvalue weighted by Gasteiger charge is 2.20. The molecule has 2 amide bonds. The maximum absolute atomic E-state index is 12.2. The van der Waals surface area contributed by atoms with E-state index in [0.29, 0.717) is 18.7 Å². The van der Waals surface area contributed by atoms with Gasteiger partial charge in [-0.2, -0.15) is 13.5 Å². The maximum Gasteiger partial charge on any atom is 0.346 e. The molecular weight excluding hydrogens is 304 g/mol. The lowest BCUT2D eigenvalue weighted by Gasteiger charge is -2.10. The molecule has 126 valence electrons. The molecule has 1 aromatic heterocycles. The van der Waals surface area contributed by atoms with E-state index in [9.17, 15) is 13.2 Å². The van der Waals surface area contributed by atoms with E-state index in [0.717, 1.165) is 42.6 Å². The molecule has 0 saturated carbocycles. The molecule has 0 fully saturated rings. The number of carbonyl (C=O) groups is 1. The van der Waals surface area contributed by atoms with Gasteiger partial charge in [0, 0.05) is 6.54 Å². The zero-order valence-corrected chi connectivity index (χ0v) is 14.2. The van der Waals surface area contributed by atoms with Gasteiger partial charge in [-0.1, -0.05) is 39.5 Å². The molecule has 0 aliphatic rings. The van der Waals surface area contributed by atoms with E-state index in [2.05, 4.69) is 24.3 Å². The van der Waals surface area contributed by atoms with Crippen molar-refractivity contribution in [3.63, 3.8) is 0 Å². The van der Waals surface area contributed by atoms with E-state index in [4.69, 9.17) is 0 Å². The highest BCUT2D eigenvalue weighted by Crippen LogP contribution is 2.08. The SMILES string of the molecule is CCCCCNC(=O)NS(=O)(=O)n1nccc1CCCCC. The smallest absolute Gasteiger partial charge is 0.337 e. The van der Waals surface area contributed by atoms with Crippen LogP contribution in [0.25, 0.3) is 0 Å². The predicted molar refractivity (Wildman–Crippen MR) is 85.8 cm³/mol. The summed E-state index contributed by atoms with van der Waals surface area (Å²) in [4.78, 5) is 11.6. The maximum atomic E-state index is 12.2. The van der Waals surface area contributed by atoms with Crippen LogP contribution >= 0.6 is 0 Å². The highest BCUT2D eigenvalue weighted by molar-refractivity contribution is 7.88. The molecule has 0 saturated heterocycles. The molecule has 0 radical (unpaired) electrons. The van der Waals surface area contributed by atoms with Crippen molar-refractivity contribution in [3.05, 3.63) is 18.0 Å². The molecule has 0 spiro atoms. The normalized spacial score (nSPS) is 11.4. The van der Waals surface area contributed by atoms with Crippen molar-refractivity contribution in [2.45, 2.75) is 58.8 Å².